The molecule has 200 valence electrons. The average Bonchev–Trinajstić information content (AvgIpc) is 3.23. The summed E-state index contributed by atoms with van der Waals surface area (Å²) < 4.78 is 46.8. The van der Waals surface area contributed by atoms with Crippen LogP contribution in [0.1, 0.15) is 37.0 Å². The highest BCUT2D eigenvalue weighted by Gasteiger charge is 2.28. The van der Waals surface area contributed by atoms with Crippen LogP contribution in [0.25, 0.3) is 10.2 Å². The molecular weight excluding hydrogens is 514 g/mol. The summed E-state index contributed by atoms with van der Waals surface area (Å²) >= 11 is 1.36. The Kier molecular flexibility index (Phi) is 8.68. The zero-order chi connectivity index (χ0) is 26.6. The average molecular weight is 548 g/mol. The van der Waals surface area contributed by atoms with E-state index in [-0.39, 0.29) is 4.90 Å². The molecule has 11 heteroatoms. The summed E-state index contributed by atoms with van der Waals surface area (Å²) in [7, 11) is -0.436. The van der Waals surface area contributed by atoms with Gasteiger partial charge in [0, 0.05) is 43.9 Å². The van der Waals surface area contributed by atoms with Crippen molar-refractivity contribution >= 4 is 37.5 Å². The van der Waals surface area contributed by atoms with Crippen LogP contribution < -0.4 is 14.3 Å². The number of ether oxygens (including phenoxy) is 3. The topological polar surface area (TPSA) is 99.4 Å². The quantitative estimate of drug-likeness (QED) is 0.377. The molecule has 1 saturated heterocycles. The van der Waals surface area contributed by atoms with Gasteiger partial charge in [-0.3, -0.25) is 4.79 Å². The van der Waals surface area contributed by atoms with E-state index in [9.17, 15) is 13.2 Å². The fourth-order valence-corrected chi connectivity index (χ4v) is 6.83. The van der Waals surface area contributed by atoms with Crippen LogP contribution in [0, 0.1) is 5.92 Å². The van der Waals surface area contributed by atoms with Gasteiger partial charge in [0.2, 0.25) is 10.0 Å². The van der Waals surface area contributed by atoms with Crippen molar-refractivity contribution in [3.63, 3.8) is 0 Å². The molecule has 1 aliphatic heterocycles. The summed E-state index contributed by atoms with van der Waals surface area (Å²) in [4.78, 5) is 18.2. The van der Waals surface area contributed by atoms with Crippen molar-refractivity contribution in [2.75, 3.05) is 40.5 Å². The lowest BCUT2D eigenvalue weighted by atomic mass is 10.0. The zero-order valence-corrected chi connectivity index (χ0v) is 23.2. The van der Waals surface area contributed by atoms with E-state index < -0.39 is 15.9 Å². The van der Waals surface area contributed by atoms with E-state index in [0.29, 0.717) is 60.6 Å². The first-order chi connectivity index (χ1) is 17.8. The smallest absolute Gasteiger partial charge is 0.279 e. The number of aromatic nitrogens is 1. The van der Waals surface area contributed by atoms with Crippen LogP contribution in [0.4, 0.5) is 0 Å². The summed E-state index contributed by atoms with van der Waals surface area (Å²) in [6.07, 6.45) is 1.70. The van der Waals surface area contributed by atoms with Crippen LogP contribution in [0.2, 0.25) is 0 Å². The predicted molar refractivity (Wildman–Crippen MR) is 143 cm³/mol. The second-order valence-corrected chi connectivity index (χ2v) is 11.9. The van der Waals surface area contributed by atoms with E-state index in [0.717, 1.165) is 23.1 Å². The SMILES string of the molecule is CCOCCn1c(=NC(=O)c2ccc(S(=O)(=O)N3CCC(C)CC3)cc2)sc2cc(OC)c(OC)cc21. The number of hydrogen-bond donors (Lipinski definition) is 0. The maximum atomic E-state index is 13.1. The highest BCUT2D eigenvalue weighted by atomic mass is 32.2. The Hall–Kier alpha value is -2.73. The summed E-state index contributed by atoms with van der Waals surface area (Å²) in [5.41, 5.74) is 1.17. The van der Waals surface area contributed by atoms with Crippen LogP contribution in [-0.2, 0) is 21.3 Å². The number of fused-ring (bicyclic) bond motifs is 1. The van der Waals surface area contributed by atoms with E-state index in [1.807, 2.05) is 23.6 Å². The number of benzene rings is 2. The van der Waals surface area contributed by atoms with Gasteiger partial charge in [0.15, 0.2) is 16.3 Å². The highest BCUT2D eigenvalue weighted by Crippen LogP contribution is 2.33. The molecule has 0 unspecified atom stereocenters. The van der Waals surface area contributed by atoms with Crippen molar-refractivity contribution in [3.05, 3.63) is 46.8 Å². The molecule has 1 aliphatic rings. The van der Waals surface area contributed by atoms with Crippen molar-refractivity contribution in [1.29, 1.82) is 0 Å². The third-order valence-corrected chi connectivity index (χ3v) is 9.48. The number of methoxy groups -OCH3 is 2. The maximum absolute atomic E-state index is 13.1. The Morgan fingerprint density at radius 1 is 1.08 bits per heavy atom. The van der Waals surface area contributed by atoms with E-state index in [1.165, 1.54) is 39.9 Å². The van der Waals surface area contributed by atoms with Gasteiger partial charge in [0.05, 0.1) is 35.9 Å². The van der Waals surface area contributed by atoms with E-state index in [4.69, 9.17) is 14.2 Å². The Labute approximate surface area is 221 Å². The third kappa shape index (κ3) is 5.90. The lowest BCUT2D eigenvalue weighted by molar-refractivity contribution is 0.0996. The zero-order valence-electron chi connectivity index (χ0n) is 21.6. The number of piperidine rings is 1. The summed E-state index contributed by atoms with van der Waals surface area (Å²) in [5, 5.41) is 0. The molecule has 0 bridgehead atoms. The molecule has 0 aliphatic carbocycles. The number of sulfonamides is 1. The van der Waals surface area contributed by atoms with E-state index in [2.05, 4.69) is 11.9 Å². The van der Waals surface area contributed by atoms with Gasteiger partial charge in [-0.2, -0.15) is 9.30 Å². The van der Waals surface area contributed by atoms with Crippen molar-refractivity contribution in [2.45, 2.75) is 38.1 Å². The van der Waals surface area contributed by atoms with Gasteiger partial charge in [-0.05, 0) is 49.9 Å². The number of carbonyl (C=O) groups is 1. The van der Waals surface area contributed by atoms with Gasteiger partial charge in [-0.25, -0.2) is 8.42 Å². The van der Waals surface area contributed by atoms with Gasteiger partial charge < -0.3 is 18.8 Å². The Morgan fingerprint density at radius 3 is 2.35 bits per heavy atom. The highest BCUT2D eigenvalue weighted by molar-refractivity contribution is 7.89. The van der Waals surface area contributed by atoms with E-state index in [1.54, 1.807) is 14.2 Å². The minimum atomic E-state index is -3.59. The first kappa shape index (κ1) is 27.3. The molecule has 1 fully saturated rings. The second kappa shape index (κ2) is 11.8. The third-order valence-electron chi connectivity index (χ3n) is 6.53. The molecule has 3 aromatic rings. The molecule has 0 spiro atoms. The van der Waals surface area contributed by atoms with Crippen LogP contribution >= 0.6 is 11.3 Å². The number of thiazole rings is 1. The molecule has 4 rings (SSSR count). The molecular formula is C26H33N3O6S2. The lowest BCUT2D eigenvalue weighted by Gasteiger charge is -2.29. The molecule has 1 amide bonds. The number of rotatable bonds is 9. The van der Waals surface area contributed by atoms with Crippen LogP contribution in [0.15, 0.2) is 46.3 Å². The Bertz CT molecular complexity index is 1420. The van der Waals surface area contributed by atoms with Crippen LogP contribution in [0.3, 0.4) is 0 Å². The fraction of sp³-hybridized carbons (Fsp3) is 0.462. The van der Waals surface area contributed by atoms with Gasteiger partial charge >= 0.3 is 0 Å². The van der Waals surface area contributed by atoms with Crippen molar-refractivity contribution < 1.29 is 27.4 Å². The number of hydrogen-bond acceptors (Lipinski definition) is 7. The minimum absolute atomic E-state index is 0.187. The van der Waals surface area contributed by atoms with Gasteiger partial charge in [0.1, 0.15) is 0 Å². The Morgan fingerprint density at radius 2 is 1.73 bits per heavy atom. The normalized spacial score (nSPS) is 15.8. The van der Waals surface area contributed by atoms with Crippen molar-refractivity contribution in [2.24, 2.45) is 10.9 Å². The number of nitrogens with zero attached hydrogens (tertiary/aromatic N) is 3. The molecule has 37 heavy (non-hydrogen) atoms. The number of carbonyl (C=O) groups excluding carboxylic acids is 1. The summed E-state index contributed by atoms with van der Waals surface area (Å²) in [6, 6.07) is 9.74. The molecule has 2 aromatic carbocycles. The fourth-order valence-electron chi connectivity index (χ4n) is 4.29. The summed E-state index contributed by atoms with van der Waals surface area (Å²) in [5.74, 6) is 1.24. The molecule has 0 atom stereocenters. The summed E-state index contributed by atoms with van der Waals surface area (Å²) in [6.45, 7) is 6.64. The minimum Gasteiger partial charge on any atom is -0.493 e. The Balaban J connectivity index is 1.66. The molecule has 0 N–H and O–H groups in total. The monoisotopic (exact) mass is 547 g/mol. The van der Waals surface area contributed by atoms with E-state index >= 15 is 0 Å². The molecule has 1 aromatic heterocycles. The van der Waals surface area contributed by atoms with Crippen LogP contribution in [-0.4, -0.2) is 63.7 Å². The first-order valence-corrected chi connectivity index (χ1v) is 14.6. The standard InChI is InChI=1S/C26H33N3O6S2/c1-5-35-15-14-29-21-16-22(33-3)23(34-4)17-24(21)36-26(29)27-25(30)19-6-8-20(9-7-19)37(31,32)28-12-10-18(2)11-13-28/h6-9,16-18H,5,10-15H2,1-4H3. The van der Waals surface area contributed by atoms with Gasteiger partial charge in [-0.15, -0.1) is 0 Å². The van der Waals surface area contributed by atoms with Crippen molar-refractivity contribution in [3.8, 4) is 11.5 Å². The first-order valence-electron chi connectivity index (χ1n) is 12.3. The van der Waals surface area contributed by atoms with Gasteiger partial charge in [0.25, 0.3) is 5.91 Å². The molecule has 2 heterocycles. The predicted octanol–water partition coefficient (Wildman–Crippen LogP) is 3.92. The van der Waals surface area contributed by atoms with Gasteiger partial charge in [-0.1, -0.05) is 18.3 Å². The molecule has 0 saturated carbocycles. The van der Waals surface area contributed by atoms with Crippen LogP contribution in [0.5, 0.6) is 11.5 Å². The number of amides is 1. The maximum Gasteiger partial charge on any atom is 0.279 e. The molecule has 0 radical (unpaired) electrons. The largest absolute Gasteiger partial charge is 0.493 e. The van der Waals surface area contributed by atoms with Crippen molar-refractivity contribution in [1.82, 2.24) is 8.87 Å². The second-order valence-electron chi connectivity index (χ2n) is 8.94. The lowest BCUT2D eigenvalue weighted by Crippen LogP contribution is -2.37. The molecule has 9 nitrogen and oxygen atoms in total.